The Balaban J connectivity index is 1.19. The zero-order valence-electron chi connectivity index (χ0n) is 16.2. The molecule has 3 aliphatic rings. The lowest BCUT2D eigenvalue weighted by Crippen LogP contribution is -2.37. The molecule has 27 heavy (non-hydrogen) atoms. The number of nitrogens with one attached hydrogen (secondary N) is 1. The van der Waals surface area contributed by atoms with Crippen LogP contribution in [-0.2, 0) is 11.3 Å². The van der Waals surface area contributed by atoms with Gasteiger partial charge in [0.1, 0.15) is 0 Å². The lowest BCUT2D eigenvalue weighted by atomic mass is 9.90. The number of likely N-dealkylation sites (tertiary alicyclic amines) is 1. The van der Waals surface area contributed by atoms with E-state index in [1.807, 2.05) is 12.1 Å². The van der Waals surface area contributed by atoms with Crippen LogP contribution in [0, 0.1) is 11.3 Å². The highest BCUT2D eigenvalue weighted by Crippen LogP contribution is 2.59. The summed E-state index contributed by atoms with van der Waals surface area (Å²) >= 11 is 6.10. The molecule has 146 valence electrons. The number of carbonyl (C=O) groups excluding carboxylic acids is 1. The number of halogens is 1. The second kappa shape index (κ2) is 8.36. The smallest absolute Gasteiger partial charge is 0.223 e. The zero-order chi connectivity index (χ0) is 18.7. The van der Waals surface area contributed by atoms with Crippen LogP contribution < -0.4 is 5.32 Å². The minimum Gasteiger partial charge on any atom is -0.356 e. The highest BCUT2D eigenvalue weighted by atomic mass is 35.5. The van der Waals surface area contributed by atoms with Gasteiger partial charge < -0.3 is 5.32 Å². The maximum absolute atomic E-state index is 12.6. The third-order valence-corrected chi connectivity index (χ3v) is 7.02. The van der Waals surface area contributed by atoms with Crippen molar-refractivity contribution in [3.8, 4) is 0 Å². The van der Waals surface area contributed by atoms with Crippen molar-refractivity contribution in [3.05, 3.63) is 46.5 Å². The minimum atomic E-state index is 0.256. The average Bonchev–Trinajstić information content (AvgIpc) is 3.38. The maximum Gasteiger partial charge on any atom is 0.223 e. The van der Waals surface area contributed by atoms with E-state index < -0.39 is 0 Å². The molecule has 2 fully saturated rings. The van der Waals surface area contributed by atoms with Gasteiger partial charge in [0.15, 0.2) is 0 Å². The van der Waals surface area contributed by atoms with Gasteiger partial charge in [-0.05, 0) is 87.6 Å². The summed E-state index contributed by atoms with van der Waals surface area (Å²) < 4.78 is 0. The van der Waals surface area contributed by atoms with E-state index >= 15 is 0 Å². The fourth-order valence-corrected chi connectivity index (χ4v) is 5.14. The van der Waals surface area contributed by atoms with Crippen LogP contribution in [0.25, 0.3) is 0 Å². The Morgan fingerprint density at radius 3 is 2.85 bits per heavy atom. The first-order chi connectivity index (χ1) is 13.1. The third-order valence-electron chi connectivity index (χ3n) is 6.78. The SMILES string of the molecule is O=C(NCCC1=CCCCC1)C1CC12CCN(Cc1cccc(Cl)c1)CC2. The van der Waals surface area contributed by atoms with Crippen LogP contribution in [0.3, 0.4) is 0 Å². The van der Waals surface area contributed by atoms with E-state index in [-0.39, 0.29) is 5.92 Å². The quantitative estimate of drug-likeness (QED) is 0.701. The Bertz CT molecular complexity index is 706. The fourth-order valence-electron chi connectivity index (χ4n) is 4.92. The van der Waals surface area contributed by atoms with Gasteiger partial charge in [-0.25, -0.2) is 0 Å². The summed E-state index contributed by atoms with van der Waals surface area (Å²) in [5, 5.41) is 4.02. The molecule has 1 N–H and O–H groups in total. The number of hydrogen-bond acceptors (Lipinski definition) is 2. The molecule has 4 rings (SSSR count). The van der Waals surface area contributed by atoms with Gasteiger partial charge in [0.2, 0.25) is 5.91 Å². The van der Waals surface area contributed by atoms with Gasteiger partial charge >= 0.3 is 0 Å². The number of carbonyl (C=O) groups is 1. The fraction of sp³-hybridized carbons (Fsp3) is 0.609. The summed E-state index contributed by atoms with van der Waals surface area (Å²) in [5.74, 6) is 0.556. The standard InChI is InChI=1S/C23H31ClN2O/c24-20-8-4-7-19(15-20)17-26-13-10-23(11-14-26)16-21(23)22(27)25-12-9-18-5-2-1-3-6-18/h4-5,7-8,15,21H,1-3,6,9-14,16-17H2,(H,25,27). The largest absolute Gasteiger partial charge is 0.356 e. The van der Waals surface area contributed by atoms with Crippen molar-refractivity contribution in [1.29, 1.82) is 0 Å². The summed E-state index contributed by atoms with van der Waals surface area (Å²) in [6.07, 6.45) is 11.9. The van der Waals surface area contributed by atoms with Crippen LogP contribution in [0.5, 0.6) is 0 Å². The van der Waals surface area contributed by atoms with E-state index in [0.29, 0.717) is 11.3 Å². The van der Waals surface area contributed by atoms with Crippen molar-refractivity contribution >= 4 is 17.5 Å². The minimum absolute atomic E-state index is 0.256. The molecule has 1 spiro atoms. The lowest BCUT2D eigenvalue weighted by molar-refractivity contribution is -0.123. The van der Waals surface area contributed by atoms with Crippen LogP contribution in [-0.4, -0.2) is 30.4 Å². The van der Waals surface area contributed by atoms with Gasteiger partial charge in [-0.2, -0.15) is 0 Å². The summed E-state index contributed by atoms with van der Waals surface area (Å²) in [6, 6.07) is 8.15. The van der Waals surface area contributed by atoms with Gasteiger partial charge in [0, 0.05) is 24.0 Å². The molecule has 0 aromatic heterocycles. The van der Waals surface area contributed by atoms with Gasteiger partial charge in [-0.15, -0.1) is 0 Å². The number of piperidine rings is 1. The second-order valence-corrected chi connectivity index (χ2v) is 9.11. The molecule has 1 aromatic carbocycles. The Labute approximate surface area is 168 Å². The molecule has 1 amide bonds. The molecule has 3 nitrogen and oxygen atoms in total. The summed E-state index contributed by atoms with van der Waals surface area (Å²) in [7, 11) is 0. The average molecular weight is 387 g/mol. The van der Waals surface area contributed by atoms with Crippen molar-refractivity contribution < 1.29 is 4.79 Å². The molecule has 0 radical (unpaired) electrons. The van der Waals surface area contributed by atoms with Crippen LogP contribution in [0.1, 0.15) is 56.9 Å². The van der Waals surface area contributed by atoms with Gasteiger partial charge in [-0.1, -0.05) is 35.4 Å². The van der Waals surface area contributed by atoms with Crippen molar-refractivity contribution in [2.75, 3.05) is 19.6 Å². The monoisotopic (exact) mass is 386 g/mol. The Hall–Kier alpha value is -1.32. The summed E-state index contributed by atoms with van der Waals surface area (Å²) in [6.45, 7) is 3.95. The van der Waals surface area contributed by atoms with Crippen LogP contribution in [0.4, 0.5) is 0 Å². The lowest BCUT2D eigenvalue weighted by Gasteiger charge is -2.32. The predicted molar refractivity (Wildman–Crippen MR) is 111 cm³/mol. The van der Waals surface area contributed by atoms with E-state index in [4.69, 9.17) is 11.6 Å². The van der Waals surface area contributed by atoms with E-state index in [1.165, 1.54) is 31.2 Å². The molecule has 1 aromatic rings. The molecule has 1 heterocycles. The van der Waals surface area contributed by atoms with E-state index in [1.54, 1.807) is 5.57 Å². The molecular formula is C23H31ClN2O. The normalized spacial score (nSPS) is 24.5. The van der Waals surface area contributed by atoms with E-state index in [2.05, 4.69) is 28.4 Å². The van der Waals surface area contributed by atoms with Crippen molar-refractivity contribution in [2.45, 2.75) is 57.9 Å². The first-order valence-electron chi connectivity index (χ1n) is 10.6. The Morgan fingerprint density at radius 1 is 1.26 bits per heavy atom. The summed E-state index contributed by atoms with van der Waals surface area (Å²) in [4.78, 5) is 15.1. The van der Waals surface area contributed by atoms with Crippen molar-refractivity contribution in [2.24, 2.45) is 11.3 Å². The topological polar surface area (TPSA) is 32.3 Å². The van der Waals surface area contributed by atoms with Crippen LogP contribution in [0.15, 0.2) is 35.9 Å². The molecule has 0 bridgehead atoms. The number of nitrogens with zero attached hydrogens (tertiary/aromatic N) is 1. The summed E-state index contributed by atoms with van der Waals surface area (Å²) in [5.41, 5.74) is 3.11. The molecule has 2 aliphatic carbocycles. The highest BCUT2D eigenvalue weighted by molar-refractivity contribution is 6.30. The van der Waals surface area contributed by atoms with Gasteiger partial charge in [-0.3, -0.25) is 9.69 Å². The number of benzene rings is 1. The van der Waals surface area contributed by atoms with E-state index in [9.17, 15) is 4.79 Å². The Kier molecular flexibility index (Phi) is 5.89. The molecular weight excluding hydrogens is 356 g/mol. The first kappa shape index (κ1) is 19.0. The first-order valence-corrected chi connectivity index (χ1v) is 10.9. The molecule has 1 saturated carbocycles. The zero-order valence-corrected chi connectivity index (χ0v) is 16.9. The molecule has 1 unspecified atom stereocenters. The number of allylic oxidation sites excluding steroid dienone is 1. The number of amides is 1. The van der Waals surface area contributed by atoms with Gasteiger partial charge in [0.05, 0.1) is 0 Å². The van der Waals surface area contributed by atoms with Crippen LogP contribution in [0.2, 0.25) is 5.02 Å². The molecule has 1 atom stereocenters. The van der Waals surface area contributed by atoms with Crippen molar-refractivity contribution in [3.63, 3.8) is 0 Å². The molecule has 1 aliphatic heterocycles. The van der Waals surface area contributed by atoms with Crippen molar-refractivity contribution in [1.82, 2.24) is 10.2 Å². The van der Waals surface area contributed by atoms with E-state index in [0.717, 1.165) is 56.9 Å². The molecule has 1 saturated heterocycles. The number of hydrogen-bond donors (Lipinski definition) is 1. The second-order valence-electron chi connectivity index (χ2n) is 8.67. The Morgan fingerprint density at radius 2 is 2.11 bits per heavy atom. The molecule has 4 heteroatoms. The maximum atomic E-state index is 12.6. The van der Waals surface area contributed by atoms with Crippen LogP contribution >= 0.6 is 11.6 Å². The highest BCUT2D eigenvalue weighted by Gasteiger charge is 2.58. The number of rotatable bonds is 6. The third kappa shape index (κ3) is 4.75. The predicted octanol–water partition coefficient (Wildman–Crippen LogP) is 4.95. The van der Waals surface area contributed by atoms with Gasteiger partial charge in [0.25, 0.3) is 0 Å².